The summed E-state index contributed by atoms with van der Waals surface area (Å²) in [6.45, 7) is 0.735. The highest BCUT2D eigenvalue weighted by molar-refractivity contribution is 7.17. The molecule has 0 unspecified atom stereocenters. The average molecular weight is 299 g/mol. The molecule has 4 nitrogen and oxygen atoms in total. The summed E-state index contributed by atoms with van der Waals surface area (Å²) in [5.74, 6) is 1.48. The third-order valence-corrected chi connectivity index (χ3v) is 4.41. The molecule has 1 aliphatic rings. The van der Waals surface area contributed by atoms with Crippen LogP contribution in [0.2, 0.25) is 0 Å². The molecule has 0 spiro atoms. The van der Waals surface area contributed by atoms with Gasteiger partial charge in [-0.05, 0) is 41.1 Å². The highest BCUT2D eigenvalue weighted by Gasteiger charge is 2.16. The first kappa shape index (κ1) is 12.3. The van der Waals surface area contributed by atoms with Gasteiger partial charge in [0.05, 0.1) is 0 Å². The lowest BCUT2D eigenvalue weighted by Gasteiger charge is -2.09. The second-order valence-corrected chi connectivity index (χ2v) is 5.81. The van der Waals surface area contributed by atoms with Crippen LogP contribution in [0.15, 0.2) is 41.8 Å². The SMILES string of the molecule is Oc1cc2c(cc1CNc1ccc3sccc3c1)OCO2. The Balaban J connectivity index is 1.56. The van der Waals surface area contributed by atoms with Crippen molar-refractivity contribution < 1.29 is 14.6 Å². The molecular weight excluding hydrogens is 286 g/mol. The Labute approximate surface area is 125 Å². The van der Waals surface area contributed by atoms with Gasteiger partial charge in [-0.15, -0.1) is 11.3 Å². The zero-order valence-electron chi connectivity index (χ0n) is 11.1. The van der Waals surface area contributed by atoms with E-state index in [0.29, 0.717) is 18.0 Å². The summed E-state index contributed by atoms with van der Waals surface area (Å²) in [5, 5.41) is 16.6. The first-order chi connectivity index (χ1) is 10.3. The molecule has 0 saturated carbocycles. The molecule has 2 aromatic carbocycles. The molecule has 5 heteroatoms. The molecule has 0 fully saturated rings. The van der Waals surface area contributed by atoms with Crippen molar-refractivity contribution >= 4 is 27.1 Å². The maximum Gasteiger partial charge on any atom is 0.231 e. The fourth-order valence-corrected chi connectivity index (χ4v) is 3.16. The average Bonchev–Trinajstić information content (AvgIpc) is 3.12. The summed E-state index contributed by atoms with van der Waals surface area (Å²) in [7, 11) is 0. The molecule has 0 amide bonds. The zero-order valence-corrected chi connectivity index (χ0v) is 11.9. The molecule has 4 rings (SSSR count). The lowest BCUT2D eigenvalue weighted by molar-refractivity contribution is 0.174. The number of thiophene rings is 1. The molecule has 0 bridgehead atoms. The largest absolute Gasteiger partial charge is 0.507 e. The third-order valence-electron chi connectivity index (χ3n) is 3.51. The molecule has 0 saturated heterocycles. The van der Waals surface area contributed by atoms with Gasteiger partial charge in [0, 0.05) is 28.6 Å². The van der Waals surface area contributed by atoms with Crippen LogP contribution in [0.5, 0.6) is 17.2 Å². The molecule has 106 valence electrons. The van der Waals surface area contributed by atoms with Crippen LogP contribution >= 0.6 is 11.3 Å². The van der Waals surface area contributed by atoms with Gasteiger partial charge in [-0.1, -0.05) is 0 Å². The number of ether oxygens (including phenoxy) is 2. The number of fused-ring (bicyclic) bond motifs is 2. The maximum atomic E-state index is 10.0. The summed E-state index contributed by atoms with van der Waals surface area (Å²) in [6, 6.07) is 11.8. The van der Waals surface area contributed by atoms with Gasteiger partial charge in [-0.25, -0.2) is 0 Å². The van der Waals surface area contributed by atoms with Gasteiger partial charge in [0.25, 0.3) is 0 Å². The molecule has 1 aromatic heterocycles. The lowest BCUT2D eigenvalue weighted by atomic mass is 10.1. The van der Waals surface area contributed by atoms with E-state index in [4.69, 9.17) is 9.47 Å². The van der Waals surface area contributed by atoms with E-state index in [-0.39, 0.29) is 12.5 Å². The van der Waals surface area contributed by atoms with Gasteiger partial charge in [0.1, 0.15) is 5.75 Å². The van der Waals surface area contributed by atoms with Crippen LogP contribution in [0.25, 0.3) is 10.1 Å². The van der Waals surface area contributed by atoms with Crippen molar-refractivity contribution in [3.05, 3.63) is 47.3 Å². The van der Waals surface area contributed by atoms with Crippen molar-refractivity contribution in [2.75, 3.05) is 12.1 Å². The van der Waals surface area contributed by atoms with E-state index in [1.807, 2.05) is 12.1 Å². The zero-order chi connectivity index (χ0) is 14.2. The van der Waals surface area contributed by atoms with Gasteiger partial charge in [0.2, 0.25) is 6.79 Å². The molecule has 0 aliphatic carbocycles. The Morgan fingerprint density at radius 1 is 1.10 bits per heavy atom. The Morgan fingerprint density at radius 3 is 2.86 bits per heavy atom. The number of hydrogen-bond acceptors (Lipinski definition) is 5. The van der Waals surface area contributed by atoms with Crippen LogP contribution in [0.1, 0.15) is 5.56 Å². The quantitative estimate of drug-likeness (QED) is 0.769. The van der Waals surface area contributed by atoms with E-state index < -0.39 is 0 Å². The van der Waals surface area contributed by atoms with Crippen LogP contribution in [-0.4, -0.2) is 11.9 Å². The number of anilines is 1. The molecular formula is C16H13NO3S. The van der Waals surface area contributed by atoms with Gasteiger partial charge in [-0.3, -0.25) is 0 Å². The highest BCUT2D eigenvalue weighted by Crippen LogP contribution is 2.37. The summed E-state index contributed by atoms with van der Waals surface area (Å²) >= 11 is 1.73. The Bertz CT molecular complexity index is 812. The van der Waals surface area contributed by atoms with E-state index in [1.54, 1.807) is 17.4 Å². The standard InChI is InChI=1S/C16H13NO3S/c18-13-7-15-14(19-9-20-15)6-11(13)8-17-12-1-2-16-10(5-12)3-4-21-16/h1-7,17-18H,8-9H2. The minimum absolute atomic E-state index is 0.209. The van der Waals surface area contributed by atoms with Gasteiger partial charge in [0.15, 0.2) is 11.5 Å². The number of aromatic hydroxyl groups is 1. The third kappa shape index (κ3) is 2.25. The minimum atomic E-state index is 0.209. The predicted octanol–water partition coefficient (Wildman–Crippen LogP) is 3.95. The fraction of sp³-hybridized carbons (Fsp3) is 0.125. The molecule has 0 radical (unpaired) electrons. The second-order valence-electron chi connectivity index (χ2n) is 4.86. The molecule has 2 N–H and O–H groups in total. The minimum Gasteiger partial charge on any atom is -0.507 e. The maximum absolute atomic E-state index is 10.0. The first-order valence-corrected chi connectivity index (χ1v) is 7.50. The van der Waals surface area contributed by atoms with Gasteiger partial charge >= 0.3 is 0 Å². The van der Waals surface area contributed by atoms with Crippen molar-refractivity contribution in [2.24, 2.45) is 0 Å². The van der Waals surface area contributed by atoms with Crippen molar-refractivity contribution in [1.82, 2.24) is 0 Å². The van der Waals surface area contributed by atoms with Crippen molar-refractivity contribution in [1.29, 1.82) is 0 Å². The van der Waals surface area contributed by atoms with E-state index in [2.05, 4.69) is 28.9 Å². The molecule has 0 atom stereocenters. The second kappa shape index (κ2) is 4.86. The van der Waals surface area contributed by atoms with Crippen LogP contribution < -0.4 is 14.8 Å². The predicted molar refractivity (Wildman–Crippen MR) is 83.4 cm³/mol. The van der Waals surface area contributed by atoms with Crippen molar-refractivity contribution in [3.8, 4) is 17.2 Å². The normalized spacial score (nSPS) is 12.8. The smallest absolute Gasteiger partial charge is 0.231 e. The Morgan fingerprint density at radius 2 is 1.95 bits per heavy atom. The number of rotatable bonds is 3. The monoisotopic (exact) mass is 299 g/mol. The van der Waals surface area contributed by atoms with Crippen LogP contribution in [0, 0.1) is 0 Å². The molecule has 2 heterocycles. The Kier molecular flexibility index (Phi) is 2.86. The van der Waals surface area contributed by atoms with Crippen molar-refractivity contribution in [3.63, 3.8) is 0 Å². The van der Waals surface area contributed by atoms with Crippen molar-refractivity contribution in [2.45, 2.75) is 6.54 Å². The number of phenols is 1. The number of hydrogen-bond donors (Lipinski definition) is 2. The van der Waals surface area contributed by atoms with E-state index in [9.17, 15) is 5.11 Å². The van der Waals surface area contributed by atoms with E-state index in [1.165, 1.54) is 10.1 Å². The first-order valence-electron chi connectivity index (χ1n) is 6.62. The topological polar surface area (TPSA) is 50.7 Å². The van der Waals surface area contributed by atoms with E-state index >= 15 is 0 Å². The summed E-state index contributed by atoms with van der Waals surface area (Å²) < 4.78 is 11.8. The fourth-order valence-electron chi connectivity index (χ4n) is 2.39. The molecule has 3 aromatic rings. The number of nitrogens with one attached hydrogen (secondary N) is 1. The summed E-state index contributed by atoms with van der Waals surface area (Å²) in [5.41, 5.74) is 1.81. The highest BCUT2D eigenvalue weighted by atomic mass is 32.1. The lowest BCUT2D eigenvalue weighted by Crippen LogP contribution is -1.99. The Hall–Kier alpha value is -2.40. The van der Waals surface area contributed by atoms with Gasteiger partial charge in [-0.2, -0.15) is 0 Å². The number of benzene rings is 2. The van der Waals surface area contributed by atoms with E-state index in [0.717, 1.165) is 11.3 Å². The summed E-state index contributed by atoms with van der Waals surface area (Å²) in [6.07, 6.45) is 0. The molecule has 21 heavy (non-hydrogen) atoms. The molecule has 1 aliphatic heterocycles. The van der Waals surface area contributed by atoms with Crippen LogP contribution in [-0.2, 0) is 6.54 Å². The summed E-state index contributed by atoms with van der Waals surface area (Å²) in [4.78, 5) is 0. The van der Waals surface area contributed by atoms with Crippen LogP contribution in [0.4, 0.5) is 5.69 Å². The van der Waals surface area contributed by atoms with Crippen LogP contribution in [0.3, 0.4) is 0 Å². The van der Waals surface area contributed by atoms with Gasteiger partial charge < -0.3 is 19.9 Å². The number of phenolic OH excluding ortho intramolecular Hbond substituents is 1.